The van der Waals surface area contributed by atoms with Crippen molar-refractivity contribution in [1.29, 1.82) is 0 Å². The Kier molecular flexibility index (Phi) is 3.46. The van der Waals surface area contributed by atoms with E-state index in [1.807, 2.05) is 0 Å². The fraction of sp³-hybridized carbons (Fsp3) is 0.857. The molecule has 1 heterocycles. The predicted octanol–water partition coefficient (Wildman–Crippen LogP) is -1.18. The highest BCUT2D eigenvalue weighted by Gasteiger charge is 2.26. The van der Waals surface area contributed by atoms with Gasteiger partial charge in [-0.05, 0) is 6.42 Å². The van der Waals surface area contributed by atoms with E-state index in [1.54, 1.807) is 0 Å². The summed E-state index contributed by atoms with van der Waals surface area (Å²) in [5.41, 5.74) is 5.54. The van der Waals surface area contributed by atoms with Gasteiger partial charge in [-0.15, -0.1) is 0 Å². The smallest absolute Gasteiger partial charge is 0.264 e. The molecule has 0 aliphatic carbocycles. The van der Waals surface area contributed by atoms with Gasteiger partial charge in [0.15, 0.2) is 0 Å². The van der Waals surface area contributed by atoms with Gasteiger partial charge in [-0.2, -0.15) is 8.42 Å². The summed E-state index contributed by atoms with van der Waals surface area (Å²) >= 11 is 0. The van der Waals surface area contributed by atoms with E-state index in [2.05, 4.69) is 0 Å². The summed E-state index contributed by atoms with van der Waals surface area (Å²) in [6.45, 7) is 0.816. The average Bonchev–Trinajstić information content (AvgIpc) is 2.27. The lowest BCUT2D eigenvalue weighted by Crippen LogP contribution is -2.30. The molecule has 82 valence electrons. The van der Waals surface area contributed by atoms with Gasteiger partial charge in [-0.25, -0.2) is 0 Å². The molecular weight excluding hydrogens is 208 g/mol. The van der Waals surface area contributed by atoms with E-state index < -0.39 is 10.1 Å². The SMILES string of the molecule is NC1CC(=O)N(CCCS(=O)(=O)O)C1. The van der Waals surface area contributed by atoms with Gasteiger partial charge in [-0.1, -0.05) is 0 Å². The normalized spacial score (nSPS) is 23.1. The number of likely N-dealkylation sites (tertiary alicyclic amines) is 1. The van der Waals surface area contributed by atoms with Crippen LogP contribution in [0.2, 0.25) is 0 Å². The average molecular weight is 222 g/mol. The van der Waals surface area contributed by atoms with Gasteiger partial charge < -0.3 is 10.6 Å². The van der Waals surface area contributed by atoms with Crippen molar-refractivity contribution in [2.45, 2.75) is 18.9 Å². The molecule has 0 aromatic rings. The quantitative estimate of drug-likeness (QED) is 0.583. The Morgan fingerprint density at radius 3 is 2.64 bits per heavy atom. The Labute approximate surface area is 82.8 Å². The van der Waals surface area contributed by atoms with Crippen LogP contribution in [0.4, 0.5) is 0 Å². The summed E-state index contributed by atoms with van der Waals surface area (Å²) in [6.07, 6.45) is 0.573. The fourth-order valence-corrected chi connectivity index (χ4v) is 1.95. The molecule has 3 N–H and O–H groups in total. The van der Waals surface area contributed by atoms with Crippen molar-refractivity contribution in [3.63, 3.8) is 0 Å². The lowest BCUT2D eigenvalue weighted by molar-refractivity contribution is -0.127. The largest absolute Gasteiger partial charge is 0.341 e. The van der Waals surface area contributed by atoms with Gasteiger partial charge in [0.05, 0.1) is 5.75 Å². The van der Waals surface area contributed by atoms with E-state index in [0.717, 1.165) is 0 Å². The maximum absolute atomic E-state index is 11.2. The Bertz CT molecular complexity index is 314. The number of nitrogens with zero attached hydrogens (tertiary/aromatic N) is 1. The second-order valence-electron chi connectivity index (χ2n) is 3.44. The predicted molar refractivity (Wildman–Crippen MR) is 50.2 cm³/mol. The Morgan fingerprint density at radius 2 is 2.21 bits per heavy atom. The third kappa shape index (κ3) is 3.60. The van der Waals surface area contributed by atoms with Crippen molar-refractivity contribution < 1.29 is 17.8 Å². The highest BCUT2D eigenvalue weighted by molar-refractivity contribution is 7.85. The van der Waals surface area contributed by atoms with E-state index in [0.29, 0.717) is 19.5 Å². The van der Waals surface area contributed by atoms with Gasteiger partial charge in [0.1, 0.15) is 0 Å². The highest BCUT2D eigenvalue weighted by Crippen LogP contribution is 2.09. The van der Waals surface area contributed by atoms with E-state index in [9.17, 15) is 13.2 Å². The van der Waals surface area contributed by atoms with Crippen LogP contribution in [-0.4, -0.2) is 48.7 Å². The van der Waals surface area contributed by atoms with Crippen LogP contribution in [0.25, 0.3) is 0 Å². The summed E-state index contributed by atoms with van der Waals surface area (Å²) in [5.74, 6) is -0.362. The molecule has 1 saturated heterocycles. The number of carbonyl (C=O) groups is 1. The molecule has 0 aromatic carbocycles. The van der Waals surface area contributed by atoms with Gasteiger partial charge in [0.2, 0.25) is 5.91 Å². The summed E-state index contributed by atoms with van der Waals surface area (Å²) in [5, 5.41) is 0. The second kappa shape index (κ2) is 4.24. The molecule has 0 aromatic heterocycles. The van der Waals surface area contributed by atoms with Crippen LogP contribution in [0.15, 0.2) is 0 Å². The molecular formula is C7H14N2O4S. The van der Waals surface area contributed by atoms with Gasteiger partial charge in [0.25, 0.3) is 10.1 Å². The standard InChI is InChI=1S/C7H14N2O4S/c8-6-4-7(10)9(5-6)2-1-3-14(11,12)13/h6H,1-5,8H2,(H,11,12,13). The Balaban J connectivity index is 2.29. The minimum atomic E-state index is -3.92. The number of nitrogens with two attached hydrogens (primary N) is 1. The molecule has 1 rings (SSSR count). The number of carbonyl (C=O) groups excluding carboxylic acids is 1. The van der Waals surface area contributed by atoms with Crippen molar-refractivity contribution in [2.75, 3.05) is 18.8 Å². The molecule has 6 nitrogen and oxygen atoms in total. The summed E-state index contributed by atoms with van der Waals surface area (Å²) < 4.78 is 29.2. The number of amides is 1. The molecule has 1 unspecified atom stereocenters. The fourth-order valence-electron chi connectivity index (χ4n) is 1.46. The van der Waals surface area contributed by atoms with Crippen LogP contribution < -0.4 is 5.73 Å². The van der Waals surface area contributed by atoms with Crippen LogP contribution in [0, 0.1) is 0 Å². The van der Waals surface area contributed by atoms with Crippen molar-refractivity contribution in [2.24, 2.45) is 5.73 Å². The van der Waals surface area contributed by atoms with Crippen LogP contribution in [0.1, 0.15) is 12.8 Å². The topological polar surface area (TPSA) is 101 Å². The molecule has 1 atom stereocenters. The monoisotopic (exact) mass is 222 g/mol. The van der Waals surface area contributed by atoms with Crippen LogP contribution in [0.3, 0.4) is 0 Å². The van der Waals surface area contributed by atoms with E-state index in [-0.39, 0.29) is 24.1 Å². The first-order valence-electron chi connectivity index (χ1n) is 4.37. The van der Waals surface area contributed by atoms with Gasteiger partial charge in [-0.3, -0.25) is 9.35 Å². The minimum Gasteiger partial charge on any atom is -0.341 e. The maximum Gasteiger partial charge on any atom is 0.264 e. The maximum atomic E-state index is 11.2. The zero-order valence-electron chi connectivity index (χ0n) is 7.72. The minimum absolute atomic E-state index is 0.0483. The molecule has 7 heteroatoms. The molecule has 0 spiro atoms. The van der Waals surface area contributed by atoms with Gasteiger partial charge in [0, 0.05) is 25.6 Å². The molecule has 0 radical (unpaired) electrons. The number of hydrogen-bond donors (Lipinski definition) is 2. The van der Waals surface area contributed by atoms with Crippen molar-refractivity contribution in [1.82, 2.24) is 4.90 Å². The third-order valence-electron chi connectivity index (χ3n) is 2.07. The van der Waals surface area contributed by atoms with Crippen molar-refractivity contribution in [3.05, 3.63) is 0 Å². The molecule has 0 bridgehead atoms. The van der Waals surface area contributed by atoms with E-state index >= 15 is 0 Å². The molecule has 1 aliphatic heterocycles. The molecule has 14 heavy (non-hydrogen) atoms. The lowest BCUT2D eigenvalue weighted by Gasteiger charge is -2.14. The lowest BCUT2D eigenvalue weighted by atomic mass is 10.3. The first-order chi connectivity index (χ1) is 6.38. The van der Waals surface area contributed by atoms with Gasteiger partial charge >= 0.3 is 0 Å². The number of rotatable bonds is 4. The van der Waals surface area contributed by atoms with Crippen molar-refractivity contribution in [3.8, 4) is 0 Å². The first-order valence-corrected chi connectivity index (χ1v) is 5.98. The molecule has 1 aliphatic rings. The van der Waals surface area contributed by atoms with Crippen LogP contribution in [0.5, 0.6) is 0 Å². The Hall–Kier alpha value is -0.660. The number of hydrogen-bond acceptors (Lipinski definition) is 4. The zero-order chi connectivity index (χ0) is 10.8. The van der Waals surface area contributed by atoms with Crippen molar-refractivity contribution >= 4 is 16.0 Å². The molecule has 1 fully saturated rings. The Morgan fingerprint density at radius 1 is 1.57 bits per heavy atom. The highest BCUT2D eigenvalue weighted by atomic mass is 32.2. The van der Waals surface area contributed by atoms with E-state index in [4.69, 9.17) is 10.3 Å². The zero-order valence-corrected chi connectivity index (χ0v) is 8.53. The third-order valence-corrected chi connectivity index (χ3v) is 2.88. The van der Waals surface area contributed by atoms with Crippen LogP contribution >= 0.6 is 0 Å². The second-order valence-corrected chi connectivity index (χ2v) is 5.02. The summed E-state index contributed by atoms with van der Waals surface area (Å²) in [7, 11) is -3.92. The molecule has 0 saturated carbocycles. The molecule has 1 amide bonds. The summed E-state index contributed by atoms with van der Waals surface area (Å²) in [4.78, 5) is 12.7. The first kappa shape index (κ1) is 11.4. The summed E-state index contributed by atoms with van der Waals surface area (Å²) in [6, 6.07) is -0.145. The van der Waals surface area contributed by atoms with E-state index in [1.165, 1.54) is 4.90 Å². The van der Waals surface area contributed by atoms with Crippen LogP contribution in [-0.2, 0) is 14.9 Å².